The van der Waals surface area contributed by atoms with Crippen LogP contribution in [0.15, 0.2) is 16.7 Å². The molecule has 2 rings (SSSR count). The van der Waals surface area contributed by atoms with Gasteiger partial charge in [0.25, 0.3) is 0 Å². The van der Waals surface area contributed by atoms with Crippen LogP contribution in [0.3, 0.4) is 0 Å². The molecule has 0 aliphatic carbocycles. The first-order chi connectivity index (χ1) is 7.70. The molecule has 0 radical (unpaired) electrons. The van der Waals surface area contributed by atoms with E-state index in [0.717, 1.165) is 38.5 Å². The Morgan fingerprint density at radius 2 is 2.00 bits per heavy atom. The van der Waals surface area contributed by atoms with Gasteiger partial charge in [0.05, 0.1) is 0 Å². The quantitative estimate of drug-likeness (QED) is 0.840. The summed E-state index contributed by atoms with van der Waals surface area (Å²) in [5.41, 5.74) is 0. The Bertz CT molecular complexity index is 364. The standard InChI is InChI=1S/C11H16BrN3O/c1-2-14-5-7-15(8-6-14)10-4-3-9(16)11(12)13-10/h3-4,16H,2,5-8H2,1H3. The molecule has 0 atom stereocenters. The topological polar surface area (TPSA) is 39.6 Å². The zero-order chi connectivity index (χ0) is 11.5. The van der Waals surface area contributed by atoms with E-state index in [-0.39, 0.29) is 5.75 Å². The molecule has 1 saturated heterocycles. The fourth-order valence-corrected chi connectivity index (χ4v) is 2.20. The molecular formula is C11H16BrN3O. The first kappa shape index (κ1) is 11.7. The van der Waals surface area contributed by atoms with Crippen molar-refractivity contribution in [2.45, 2.75) is 6.92 Å². The number of aromatic nitrogens is 1. The fourth-order valence-electron chi connectivity index (χ4n) is 1.89. The Labute approximate surface area is 104 Å². The molecule has 16 heavy (non-hydrogen) atoms. The maximum atomic E-state index is 9.39. The molecule has 0 unspecified atom stereocenters. The summed E-state index contributed by atoms with van der Waals surface area (Å²) in [5.74, 6) is 1.12. The van der Waals surface area contributed by atoms with Crippen LogP contribution in [-0.4, -0.2) is 47.7 Å². The lowest BCUT2D eigenvalue weighted by atomic mass is 10.3. The first-order valence-electron chi connectivity index (χ1n) is 5.53. The predicted molar refractivity (Wildman–Crippen MR) is 67.9 cm³/mol. The summed E-state index contributed by atoms with van der Waals surface area (Å²) in [7, 11) is 0. The Hall–Kier alpha value is -0.810. The van der Waals surface area contributed by atoms with E-state index in [0.29, 0.717) is 4.60 Å². The van der Waals surface area contributed by atoms with Crippen molar-refractivity contribution >= 4 is 21.7 Å². The number of aromatic hydroxyl groups is 1. The molecule has 4 nitrogen and oxygen atoms in total. The van der Waals surface area contributed by atoms with Crippen LogP contribution in [-0.2, 0) is 0 Å². The van der Waals surface area contributed by atoms with Gasteiger partial charge in [0.2, 0.25) is 0 Å². The number of pyridine rings is 1. The van der Waals surface area contributed by atoms with Crippen molar-refractivity contribution in [2.75, 3.05) is 37.6 Å². The second-order valence-corrected chi connectivity index (χ2v) is 4.65. The first-order valence-corrected chi connectivity index (χ1v) is 6.33. The molecule has 0 spiro atoms. The van der Waals surface area contributed by atoms with Crippen LogP contribution >= 0.6 is 15.9 Å². The number of rotatable bonds is 2. The molecule has 88 valence electrons. The molecule has 5 heteroatoms. The number of anilines is 1. The summed E-state index contributed by atoms with van der Waals surface area (Å²) >= 11 is 3.24. The molecule has 1 aromatic heterocycles. The van der Waals surface area contributed by atoms with Crippen molar-refractivity contribution in [3.05, 3.63) is 16.7 Å². The molecule has 0 aromatic carbocycles. The summed E-state index contributed by atoms with van der Waals surface area (Å²) in [6.07, 6.45) is 0. The largest absolute Gasteiger partial charge is 0.505 e. The molecule has 0 amide bonds. The minimum absolute atomic E-state index is 0.191. The van der Waals surface area contributed by atoms with Gasteiger partial charge in [0.15, 0.2) is 0 Å². The Kier molecular flexibility index (Phi) is 3.66. The third-order valence-electron chi connectivity index (χ3n) is 2.96. The van der Waals surface area contributed by atoms with Crippen molar-refractivity contribution in [1.82, 2.24) is 9.88 Å². The van der Waals surface area contributed by atoms with Crippen molar-refractivity contribution in [1.29, 1.82) is 0 Å². The molecule has 0 bridgehead atoms. The summed E-state index contributed by atoms with van der Waals surface area (Å²) in [6, 6.07) is 3.54. The maximum absolute atomic E-state index is 9.39. The Morgan fingerprint density at radius 1 is 1.31 bits per heavy atom. The van der Waals surface area contributed by atoms with Crippen LogP contribution in [0.5, 0.6) is 5.75 Å². The minimum atomic E-state index is 0.191. The number of piperazine rings is 1. The SMILES string of the molecule is CCN1CCN(c2ccc(O)c(Br)n2)CC1. The lowest BCUT2D eigenvalue weighted by molar-refractivity contribution is 0.270. The van der Waals surface area contributed by atoms with E-state index < -0.39 is 0 Å². The van der Waals surface area contributed by atoms with E-state index in [2.05, 4.69) is 37.6 Å². The van der Waals surface area contributed by atoms with Crippen LogP contribution in [0.2, 0.25) is 0 Å². The molecule has 1 aliphatic rings. The molecule has 2 heterocycles. The maximum Gasteiger partial charge on any atom is 0.150 e. The van der Waals surface area contributed by atoms with Crippen LogP contribution in [0.1, 0.15) is 6.92 Å². The number of hydrogen-bond donors (Lipinski definition) is 1. The van der Waals surface area contributed by atoms with Crippen molar-refractivity contribution in [3.8, 4) is 5.75 Å². The monoisotopic (exact) mass is 285 g/mol. The lowest BCUT2D eigenvalue weighted by Gasteiger charge is -2.34. The summed E-state index contributed by atoms with van der Waals surface area (Å²) in [6.45, 7) is 7.45. The molecule has 0 saturated carbocycles. The molecule has 1 aromatic rings. The van der Waals surface area contributed by atoms with Crippen LogP contribution in [0.4, 0.5) is 5.82 Å². The molecule has 1 aliphatic heterocycles. The van der Waals surface area contributed by atoms with E-state index in [4.69, 9.17) is 0 Å². The van der Waals surface area contributed by atoms with Gasteiger partial charge in [-0.05, 0) is 34.6 Å². The van der Waals surface area contributed by atoms with Gasteiger partial charge in [-0.3, -0.25) is 0 Å². The van der Waals surface area contributed by atoms with Crippen LogP contribution in [0.25, 0.3) is 0 Å². The summed E-state index contributed by atoms with van der Waals surface area (Å²) < 4.78 is 0.517. The minimum Gasteiger partial charge on any atom is -0.505 e. The number of nitrogens with zero attached hydrogens (tertiary/aromatic N) is 3. The van der Waals surface area contributed by atoms with E-state index >= 15 is 0 Å². The van der Waals surface area contributed by atoms with Gasteiger partial charge >= 0.3 is 0 Å². The average molecular weight is 286 g/mol. The van der Waals surface area contributed by atoms with Crippen LogP contribution in [0, 0.1) is 0 Å². The van der Waals surface area contributed by atoms with E-state index in [1.165, 1.54) is 0 Å². The Morgan fingerprint density at radius 3 is 2.56 bits per heavy atom. The van der Waals surface area contributed by atoms with E-state index in [1.54, 1.807) is 6.07 Å². The smallest absolute Gasteiger partial charge is 0.150 e. The van der Waals surface area contributed by atoms with E-state index in [1.807, 2.05) is 6.07 Å². The van der Waals surface area contributed by atoms with Gasteiger partial charge in [-0.2, -0.15) is 0 Å². The zero-order valence-electron chi connectivity index (χ0n) is 9.36. The van der Waals surface area contributed by atoms with Crippen molar-refractivity contribution in [2.24, 2.45) is 0 Å². The van der Waals surface area contributed by atoms with Gasteiger partial charge in [0, 0.05) is 26.2 Å². The fraction of sp³-hybridized carbons (Fsp3) is 0.545. The average Bonchev–Trinajstić information content (AvgIpc) is 2.33. The lowest BCUT2D eigenvalue weighted by Crippen LogP contribution is -2.46. The second-order valence-electron chi connectivity index (χ2n) is 3.90. The molecule has 1 N–H and O–H groups in total. The van der Waals surface area contributed by atoms with Crippen LogP contribution < -0.4 is 4.90 Å². The zero-order valence-corrected chi connectivity index (χ0v) is 10.9. The predicted octanol–water partition coefficient (Wildman–Crippen LogP) is 1.69. The highest BCUT2D eigenvalue weighted by Gasteiger charge is 2.17. The van der Waals surface area contributed by atoms with Gasteiger partial charge in [-0.1, -0.05) is 6.92 Å². The van der Waals surface area contributed by atoms with Gasteiger partial charge < -0.3 is 14.9 Å². The highest BCUT2D eigenvalue weighted by atomic mass is 79.9. The summed E-state index contributed by atoms with van der Waals surface area (Å²) in [4.78, 5) is 8.99. The number of likely N-dealkylation sites (N-methyl/N-ethyl adjacent to an activating group) is 1. The molecule has 1 fully saturated rings. The second kappa shape index (κ2) is 5.01. The third kappa shape index (κ3) is 2.47. The van der Waals surface area contributed by atoms with E-state index in [9.17, 15) is 5.11 Å². The van der Waals surface area contributed by atoms with Gasteiger partial charge in [-0.25, -0.2) is 4.98 Å². The summed E-state index contributed by atoms with van der Waals surface area (Å²) in [5, 5.41) is 9.39. The highest BCUT2D eigenvalue weighted by molar-refractivity contribution is 9.10. The van der Waals surface area contributed by atoms with Gasteiger partial charge in [-0.15, -0.1) is 0 Å². The van der Waals surface area contributed by atoms with Crippen molar-refractivity contribution < 1.29 is 5.11 Å². The Balaban J connectivity index is 2.05. The number of halogens is 1. The van der Waals surface area contributed by atoms with Gasteiger partial charge in [0.1, 0.15) is 16.2 Å². The van der Waals surface area contributed by atoms with Crippen molar-refractivity contribution in [3.63, 3.8) is 0 Å². The highest BCUT2D eigenvalue weighted by Crippen LogP contribution is 2.25. The third-order valence-corrected chi connectivity index (χ3v) is 3.54. The normalized spacial score (nSPS) is 17.8. The molecular weight excluding hydrogens is 270 g/mol. The number of hydrogen-bond acceptors (Lipinski definition) is 4.